The second-order valence-electron chi connectivity index (χ2n) is 7.41. The Morgan fingerprint density at radius 1 is 1.37 bits per heavy atom. The fourth-order valence-corrected chi connectivity index (χ4v) is 6.15. The highest BCUT2D eigenvalue weighted by molar-refractivity contribution is 7.99. The lowest BCUT2D eigenvalue weighted by Gasteiger charge is -2.19. The van der Waals surface area contributed by atoms with E-state index in [1.807, 2.05) is 11.3 Å². The Hall–Kier alpha value is -1.54. The number of aromatic nitrogens is 3. The molecule has 1 N–H and O–H groups in total. The van der Waals surface area contributed by atoms with Crippen molar-refractivity contribution in [1.82, 2.24) is 14.8 Å². The van der Waals surface area contributed by atoms with Crippen molar-refractivity contribution < 1.29 is 4.79 Å². The average molecular weight is 481 g/mol. The van der Waals surface area contributed by atoms with Crippen LogP contribution in [0.15, 0.2) is 28.7 Å². The fourth-order valence-electron chi connectivity index (χ4n) is 3.65. The summed E-state index contributed by atoms with van der Waals surface area (Å²) in [6.45, 7) is 5.13. The van der Waals surface area contributed by atoms with Gasteiger partial charge in [-0.25, -0.2) is 0 Å². The molecule has 1 aliphatic carbocycles. The topological polar surface area (TPSA) is 59.8 Å². The number of nitrogens with zero attached hydrogens (tertiary/aromatic N) is 3. The number of thiophene rings is 1. The minimum Gasteiger partial charge on any atom is -0.324 e. The first-order chi connectivity index (χ1) is 14.5. The van der Waals surface area contributed by atoms with E-state index in [0.29, 0.717) is 15.7 Å². The van der Waals surface area contributed by atoms with Crippen LogP contribution in [0, 0.1) is 5.92 Å². The number of nitrogens with one attached hydrogen (secondary N) is 1. The summed E-state index contributed by atoms with van der Waals surface area (Å²) in [6, 6.07) is 4.99. The molecule has 0 fully saturated rings. The first-order valence-electron chi connectivity index (χ1n) is 9.86. The van der Waals surface area contributed by atoms with Gasteiger partial charge in [-0.3, -0.25) is 4.79 Å². The molecule has 1 unspecified atom stereocenters. The van der Waals surface area contributed by atoms with Gasteiger partial charge in [0.2, 0.25) is 5.91 Å². The van der Waals surface area contributed by atoms with Gasteiger partial charge in [0, 0.05) is 27.4 Å². The number of thioether (sulfide) groups is 1. The molecule has 2 aromatic heterocycles. The quantitative estimate of drug-likeness (QED) is 0.427. The van der Waals surface area contributed by atoms with E-state index in [9.17, 15) is 4.79 Å². The minimum absolute atomic E-state index is 0.154. The molecule has 0 saturated heterocycles. The zero-order valence-electron chi connectivity index (χ0n) is 16.7. The average Bonchev–Trinajstić information content (AvgIpc) is 3.31. The van der Waals surface area contributed by atoms with Crippen LogP contribution in [-0.4, -0.2) is 26.4 Å². The van der Waals surface area contributed by atoms with E-state index in [4.69, 9.17) is 23.2 Å². The summed E-state index contributed by atoms with van der Waals surface area (Å²) >= 11 is 15.2. The van der Waals surface area contributed by atoms with Crippen molar-refractivity contribution in [2.75, 3.05) is 11.1 Å². The summed E-state index contributed by atoms with van der Waals surface area (Å²) in [5.74, 6) is 1.70. The summed E-state index contributed by atoms with van der Waals surface area (Å²) in [5, 5.41) is 15.6. The predicted molar refractivity (Wildman–Crippen MR) is 126 cm³/mol. The molecule has 1 aromatic carbocycles. The van der Waals surface area contributed by atoms with Crippen LogP contribution >= 0.6 is 46.3 Å². The predicted octanol–water partition coefficient (Wildman–Crippen LogP) is 6.19. The van der Waals surface area contributed by atoms with Gasteiger partial charge in [-0.15, -0.1) is 21.5 Å². The zero-order chi connectivity index (χ0) is 21.3. The maximum absolute atomic E-state index is 12.4. The zero-order valence-corrected chi connectivity index (χ0v) is 19.9. The number of rotatable bonds is 6. The molecule has 9 heteroatoms. The smallest absolute Gasteiger partial charge is 0.234 e. The van der Waals surface area contributed by atoms with Gasteiger partial charge < -0.3 is 9.88 Å². The molecule has 158 valence electrons. The van der Waals surface area contributed by atoms with Gasteiger partial charge in [0.05, 0.1) is 16.5 Å². The number of hydrogen-bond donors (Lipinski definition) is 1. The molecule has 0 bridgehead atoms. The molecule has 30 heavy (non-hydrogen) atoms. The van der Waals surface area contributed by atoms with Gasteiger partial charge in [0.25, 0.3) is 0 Å². The second kappa shape index (κ2) is 9.30. The Kier molecular flexibility index (Phi) is 6.72. The number of carbonyl (C=O) groups is 1. The summed E-state index contributed by atoms with van der Waals surface area (Å²) in [7, 11) is 0. The Morgan fingerprint density at radius 3 is 2.97 bits per heavy atom. The van der Waals surface area contributed by atoms with Crippen molar-refractivity contribution in [1.29, 1.82) is 0 Å². The van der Waals surface area contributed by atoms with Crippen molar-refractivity contribution in [3.63, 3.8) is 0 Å². The van der Waals surface area contributed by atoms with E-state index in [0.717, 1.165) is 36.3 Å². The summed E-state index contributed by atoms with van der Waals surface area (Å²) in [4.78, 5) is 13.9. The summed E-state index contributed by atoms with van der Waals surface area (Å²) < 4.78 is 2.09. The molecule has 0 radical (unpaired) electrons. The van der Waals surface area contributed by atoms with E-state index in [1.165, 1.54) is 34.2 Å². The molecule has 1 amide bonds. The largest absolute Gasteiger partial charge is 0.324 e. The van der Waals surface area contributed by atoms with Crippen molar-refractivity contribution in [3.8, 4) is 11.4 Å². The molecule has 5 nitrogen and oxygen atoms in total. The number of halogens is 2. The summed E-state index contributed by atoms with van der Waals surface area (Å²) in [5.41, 5.74) is 3.16. The molecule has 0 aliphatic heterocycles. The lowest BCUT2D eigenvalue weighted by atomic mass is 9.88. The summed E-state index contributed by atoms with van der Waals surface area (Å²) in [6.07, 6.45) is 3.46. The highest BCUT2D eigenvalue weighted by Crippen LogP contribution is 2.38. The van der Waals surface area contributed by atoms with Crippen LogP contribution in [0.5, 0.6) is 0 Å². The van der Waals surface area contributed by atoms with Crippen molar-refractivity contribution in [3.05, 3.63) is 44.1 Å². The van der Waals surface area contributed by atoms with E-state index in [2.05, 4.69) is 39.3 Å². The first-order valence-corrected chi connectivity index (χ1v) is 12.5. The molecular weight excluding hydrogens is 459 g/mol. The number of benzene rings is 1. The second-order valence-corrected chi connectivity index (χ2v) is 10.2. The molecular formula is C21H22Cl2N4OS2. The molecule has 0 saturated carbocycles. The van der Waals surface area contributed by atoms with Crippen LogP contribution in [0.25, 0.3) is 11.4 Å². The number of anilines is 1. The standard InChI is InChI=1S/C21H22Cl2N4OS2/c1-3-27-20(15-10-29-18-8-12(2)4-6-14(15)18)25-26-21(27)30-11-19(28)24-17-7-5-13(22)9-16(17)23/h5,7,9-10,12H,3-4,6,8,11H2,1-2H3,(H,24,28). The van der Waals surface area contributed by atoms with Crippen molar-refractivity contribution in [2.45, 2.75) is 44.8 Å². The third kappa shape index (κ3) is 4.54. The van der Waals surface area contributed by atoms with Gasteiger partial charge in [0.15, 0.2) is 11.0 Å². The number of carbonyl (C=O) groups excluding carboxylic acids is 1. The Bertz CT molecular complexity index is 1080. The third-order valence-electron chi connectivity index (χ3n) is 5.21. The van der Waals surface area contributed by atoms with Gasteiger partial charge in [-0.05, 0) is 55.9 Å². The van der Waals surface area contributed by atoms with Gasteiger partial charge in [-0.1, -0.05) is 41.9 Å². The monoisotopic (exact) mass is 480 g/mol. The van der Waals surface area contributed by atoms with Crippen LogP contribution in [0.1, 0.15) is 30.7 Å². The van der Waals surface area contributed by atoms with Gasteiger partial charge >= 0.3 is 0 Å². The highest BCUT2D eigenvalue weighted by Gasteiger charge is 2.24. The SMILES string of the molecule is CCn1c(SCC(=O)Nc2ccc(Cl)cc2Cl)nnc1-c1csc2c1CCC(C)C2. The number of hydrogen-bond acceptors (Lipinski definition) is 5. The minimum atomic E-state index is -0.154. The van der Waals surface area contributed by atoms with Crippen molar-refractivity contribution in [2.24, 2.45) is 5.92 Å². The Labute approximate surface area is 194 Å². The van der Waals surface area contributed by atoms with E-state index in [-0.39, 0.29) is 11.7 Å². The van der Waals surface area contributed by atoms with Crippen LogP contribution < -0.4 is 5.32 Å². The molecule has 3 aromatic rings. The van der Waals surface area contributed by atoms with Gasteiger partial charge in [-0.2, -0.15) is 0 Å². The van der Waals surface area contributed by atoms with Crippen LogP contribution in [0.4, 0.5) is 5.69 Å². The number of amides is 1. The Balaban J connectivity index is 1.47. The molecule has 1 aliphatic rings. The van der Waals surface area contributed by atoms with Crippen LogP contribution in [0.2, 0.25) is 10.0 Å². The lowest BCUT2D eigenvalue weighted by Crippen LogP contribution is -2.15. The maximum atomic E-state index is 12.4. The third-order valence-corrected chi connectivity index (χ3v) is 7.78. The first kappa shape index (κ1) is 21.7. The normalized spacial score (nSPS) is 15.8. The van der Waals surface area contributed by atoms with E-state index in [1.54, 1.807) is 18.2 Å². The molecule has 0 spiro atoms. The van der Waals surface area contributed by atoms with Crippen molar-refractivity contribution >= 4 is 57.9 Å². The highest BCUT2D eigenvalue weighted by atomic mass is 35.5. The lowest BCUT2D eigenvalue weighted by molar-refractivity contribution is -0.113. The van der Waals surface area contributed by atoms with E-state index >= 15 is 0 Å². The maximum Gasteiger partial charge on any atom is 0.234 e. The van der Waals surface area contributed by atoms with Gasteiger partial charge in [0.1, 0.15) is 0 Å². The number of fused-ring (bicyclic) bond motifs is 1. The molecule has 2 heterocycles. The Morgan fingerprint density at radius 2 is 2.20 bits per heavy atom. The fraction of sp³-hybridized carbons (Fsp3) is 0.381. The molecule has 4 rings (SSSR count). The van der Waals surface area contributed by atoms with E-state index < -0.39 is 0 Å². The van der Waals surface area contributed by atoms with Crippen LogP contribution in [-0.2, 0) is 24.2 Å². The van der Waals surface area contributed by atoms with Crippen LogP contribution in [0.3, 0.4) is 0 Å². The molecule has 1 atom stereocenters.